The van der Waals surface area contributed by atoms with Crippen molar-refractivity contribution in [2.45, 2.75) is 29.8 Å². The van der Waals surface area contributed by atoms with Crippen LogP contribution in [0.5, 0.6) is 0 Å². The molecule has 0 bridgehead atoms. The van der Waals surface area contributed by atoms with E-state index in [1.807, 2.05) is 24.4 Å². The van der Waals surface area contributed by atoms with Gasteiger partial charge in [0.25, 0.3) is 0 Å². The van der Waals surface area contributed by atoms with Crippen molar-refractivity contribution in [3.63, 3.8) is 0 Å². The summed E-state index contributed by atoms with van der Waals surface area (Å²) in [7, 11) is 1.38. The van der Waals surface area contributed by atoms with Crippen molar-refractivity contribution in [1.29, 1.82) is 0 Å². The number of hydrogen-bond donors (Lipinski definition) is 1. The van der Waals surface area contributed by atoms with Crippen LogP contribution in [0.2, 0.25) is 0 Å². The van der Waals surface area contributed by atoms with Crippen molar-refractivity contribution in [1.82, 2.24) is 24.7 Å². The van der Waals surface area contributed by atoms with E-state index in [4.69, 9.17) is 9.72 Å². The van der Waals surface area contributed by atoms with Crippen LogP contribution in [0.25, 0.3) is 32.9 Å². The van der Waals surface area contributed by atoms with Gasteiger partial charge in [0.2, 0.25) is 0 Å². The van der Waals surface area contributed by atoms with E-state index in [9.17, 15) is 4.79 Å². The molecular formula is C25H21N5O2S2. The number of nitrogens with one attached hydrogen (secondary N) is 1. The number of fused-ring (bicyclic) bond motifs is 1. The molecule has 1 aliphatic carbocycles. The molecule has 0 amide bonds. The number of thioether (sulfide) groups is 1. The average molecular weight is 488 g/mol. The monoisotopic (exact) mass is 487 g/mol. The Hall–Kier alpha value is -3.43. The third-order valence-electron chi connectivity index (χ3n) is 5.86. The number of nitrogens with zero attached hydrogens (tertiary/aromatic N) is 4. The first-order chi connectivity index (χ1) is 16.7. The van der Waals surface area contributed by atoms with Gasteiger partial charge in [0.15, 0.2) is 11.0 Å². The molecular weight excluding hydrogens is 466 g/mol. The average Bonchev–Trinajstić information content (AvgIpc) is 3.27. The van der Waals surface area contributed by atoms with Crippen molar-refractivity contribution >= 4 is 40.0 Å². The van der Waals surface area contributed by atoms with Crippen LogP contribution in [-0.2, 0) is 10.5 Å². The highest BCUT2D eigenvalue weighted by molar-refractivity contribution is 7.98. The molecule has 3 heterocycles. The number of rotatable bonds is 7. The zero-order valence-electron chi connectivity index (χ0n) is 18.4. The van der Waals surface area contributed by atoms with Crippen LogP contribution in [0.3, 0.4) is 0 Å². The number of para-hydroxylation sites is 1. The molecule has 1 fully saturated rings. The minimum Gasteiger partial charge on any atom is -0.465 e. The van der Waals surface area contributed by atoms with E-state index in [-0.39, 0.29) is 5.97 Å². The molecule has 34 heavy (non-hydrogen) atoms. The van der Waals surface area contributed by atoms with Gasteiger partial charge in [0.05, 0.1) is 18.4 Å². The number of thiazole rings is 1. The summed E-state index contributed by atoms with van der Waals surface area (Å²) in [6, 6.07) is 16.1. The van der Waals surface area contributed by atoms with Gasteiger partial charge in [-0.05, 0) is 31.0 Å². The van der Waals surface area contributed by atoms with E-state index in [1.165, 1.54) is 7.11 Å². The molecule has 6 rings (SSSR count). The number of esters is 1. The lowest BCUT2D eigenvalue weighted by Gasteiger charge is -2.07. The molecule has 1 saturated carbocycles. The summed E-state index contributed by atoms with van der Waals surface area (Å²) in [6.45, 7) is 0. The Morgan fingerprint density at radius 1 is 1.18 bits per heavy atom. The molecule has 0 aliphatic heterocycles. The first-order valence-electron chi connectivity index (χ1n) is 11.0. The molecule has 170 valence electrons. The molecule has 1 N–H and O–H groups in total. The second-order valence-corrected chi connectivity index (χ2v) is 9.96. The van der Waals surface area contributed by atoms with Gasteiger partial charge in [-0.25, -0.2) is 9.78 Å². The van der Waals surface area contributed by atoms with Crippen LogP contribution in [0.1, 0.15) is 34.9 Å². The zero-order chi connectivity index (χ0) is 23.1. The summed E-state index contributed by atoms with van der Waals surface area (Å²) in [4.78, 5) is 19.8. The minimum atomic E-state index is -0.338. The Labute approximate surface area is 204 Å². The number of aromatic amines is 1. The van der Waals surface area contributed by atoms with Gasteiger partial charge in [-0.2, -0.15) is 0 Å². The SMILES string of the molecule is COC(=O)c1ccc(-c2nc(CSc3nnc(-c4c[nH]c5ccccc45)n3C3CC3)cs2)cc1. The predicted octanol–water partition coefficient (Wildman–Crippen LogP) is 5.96. The van der Waals surface area contributed by atoms with E-state index in [1.54, 1.807) is 35.2 Å². The fraction of sp³-hybridized carbons (Fsp3) is 0.200. The number of ether oxygens (including phenoxy) is 1. The van der Waals surface area contributed by atoms with E-state index < -0.39 is 0 Å². The Bertz CT molecular complexity index is 1480. The Morgan fingerprint density at radius 3 is 2.79 bits per heavy atom. The predicted molar refractivity (Wildman–Crippen MR) is 134 cm³/mol. The number of aromatic nitrogens is 5. The first-order valence-corrected chi connectivity index (χ1v) is 12.8. The molecule has 1 aliphatic rings. The summed E-state index contributed by atoms with van der Waals surface area (Å²) in [6.07, 6.45) is 4.34. The number of carbonyl (C=O) groups excluding carboxylic acids is 1. The lowest BCUT2D eigenvalue weighted by molar-refractivity contribution is 0.0600. The smallest absolute Gasteiger partial charge is 0.337 e. The molecule has 0 unspecified atom stereocenters. The van der Waals surface area contributed by atoms with E-state index in [2.05, 4.69) is 43.3 Å². The summed E-state index contributed by atoms with van der Waals surface area (Å²) >= 11 is 3.27. The maximum atomic E-state index is 11.7. The fourth-order valence-electron chi connectivity index (χ4n) is 3.99. The van der Waals surface area contributed by atoms with Gasteiger partial charge in [-0.3, -0.25) is 4.57 Å². The summed E-state index contributed by atoms with van der Waals surface area (Å²) in [5.74, 6) is 1.30. The summed E-state index contributed by atoms with van der Waals surface area (Å²) < 4.78 is 7.06. The molecule has 0 radical (unpaired) electrons. The maximum Gasteiger partial charge on any atom is 0.337 e. The van der Waals surface area contributed by atoms with Crippen LogP contribution >= 0.6 is 23.1 Å². The van der Waals surface area contributed by atoms with Gasteiger partial charge in [0.1, 0.15) is 5.01 Å². The number of H-pyrrole nitrogens is 1. The molecule has 3 aromatic heterocycles. The molecule has 0 saturated heterocycles. The standard InChI is InChI=1S/C25H21N5O2S2/c1-32-24(31)16-8-6-15(7-9-16)23-27-17(13-33-23)14-34-25-29-28-22(30(25)18-10-11-18)20-12-26-21-5-3-2-4-19(20)21/h2-9,12-13,18,26H,10-11,14H2,1H3. The van der Waals surface area contributed by atoms with Gasteiger partial charge in [-0.1, -0.05) is 42.1 Å². The topological polar surface area (TPSA) is 85.7 Å². The van der Waals surface area contributed by atoms with Gasteiger partial charge < -0.3 is 9.72 Å². The highest BCUT2D eigenvalue weighted by atomic mass is 32.2. The van der Waals surface area contributed by atoms with E-state index >= 15 is 0 Å². The van der Waals surface area contributed by atoms with Crippen LogP contribution in [-0.4, -0.2) is 37.8 Å². The first kappa shape index (κ1) is 21.1. The minimum absolute atomic E-state index is 0.338. The number of hydrogen-bond acceptors (Lipinski definition) is 7. The highest BCUT2D eigenvalue weighted by Gasteiger charge is 2.31. The molecule has 2 aromatic carbocycles. The van der Waals surface area contributed by atoms with Crippen LogP contribution in [0.15, 0.2) is 65.3 Å². The Morgan fingerprint density at radius 2 is 2.00 bits per heavy atom. The van der Waals surface area contributed by atoms with Crippen molar-refractivity contribution in [3.8, 4) is 22.0 Å². The van der Waals surface area contributed by atoms with Crippen LogP contribution in [0.4, 0.5) is 0 Å². The van der Waals surface area contributed by atoms with Crippen LogP contribution < -0.4 is 0 Å². The fourth-order valence-corrected chi connectivity index (χ4v) is 5.82. The van der Waals surface area contributed by atoms with Gasteiger partial charge in [0, 0.05) is 45.4 Å². The third-order valence-corrected chi connectivity index (χ3v) is 7.78. The van der Waals surface area contributed by atoms with Crippen molar-refractivity contribution in [3.05, 3.63) is 71.4 Å². The second kappa shape index (κ2) is 8.73. The normalized spacial score (nSPS) is 13.4. The second-order valence-electron chi connectivity index (χ2n) is 8.16. The molecule has 7 nitrogen and oxygen atoms in total. The Kier molecular flexibility index (Phi) is 5.43. The van der Waals surface area contributed by atoms with E-state index in [0.717, 1.165) is 62.3 Å². The molecule has 0 atom stereocenters. The largest absolute Gasteiger partial charge is 0.465 e. The van der Waals surface area contributed by atoms with Crippen LogP contribution in [0, 0.1) is 0 Å². The lowest BCUT2D eigenvalue weighted by atomic mass is 10.1. The molecule has 0 spiro atoms. The molecule has 5 aromatic rings. The summed E-state index contributed by atoms with van der Waals surface area (Å²) in [5, 5.41) is 14.2. The molecule has 9 heteroatoms. The van der Waals surface area contributed by atoms with E-state index in [0.29, 0.717) is 11.6 Å². The quantitative estimate of drug-likeness (QED) is 0.225. The van der Waals surface area contributed by atoms with Crippen molar-refractivity contribution in [2.75, 3.05) is 7.11 Å². The highest BCUT2D eigenvalue weighted by Crippen LogP contribution is 2.42. The van der Waals surface area contributed by atoms with Crippen molar-refractivity contribution in [2.24, 2.45) is 0 Å². The maximum absolute atomic E-state index is 11.7. The van der Waals surface area contributed by atoms with Crippen molar-refractivity contribution < 1.29 is 9.53 Å². The van der Waals surface area contributed by atoms with Gasteiger partial charge >= 0.3 is 5.97 Å². The number of methoxy groups -OCH3 is 1. The number of benzene rings is 2. The lowest BCUT2D eigenvalue weighted by Crippen LogP contribution is -2.00. The van der Waals surface area contributed by atoms with Gasteiger partial charge in [-0.15, -0.1) is 21.5 Å². The zero-order valence-corrected chi connectivity index (χ0v) is 20.0. The summed E-state index contributed by atoms with van der Waals surface area (Å²) in [5.41, 5.74) is 4.71. The Balaban J connectivity index is 1.22. The number of carbonyl (C=O) groups is 1. The third kappa shape index (κ3) is 3.91.